The van der Waals surface area contributed by atoms with Gasteiger partial charge in [-0.2, -0.15) is 4.57 Å². The van der Waals surface area contributed by atoms with Crippen LogP contribution in [0.15, 0.2) is 48.7 Å². The minimum absolute atomic E-state index is 0. The van der Waals surface area contributed by atoms with Crippen LogP contribution < -0.4 is 34.3 Å². The number of aryl methyl sites for hydroxylation is 1. The van der Waals surface area contributed by atoms with E-state index in [1.807, 2.05) is 0 Å². The second-order valence-electron chi connectivity index (χ2n) is 7.34. The van der Waals surface area contributed by atoms with Gasteiger partial charge in [-0.1, -0.05) is 70.4 Å². The predicted molar refractivity (Wildman–Crippen MR) is 116 cm³/mol. The van der Waals surface area contributed by atoms with E-state index in [2.05, 4.69) is 67.8 Å². The van der Waals surface area contributed by atoms with Crippen molar-refractivity contribution in [2.24, 2.45) is 5.73 Å². The SMILES string of the molecule is CCCCc1ccc(C(=CN)c2ccccc2)c(CCCC)[n+]1CCCC.[I-]. The number of nitrogens with two attached hydrogens (primary N) is 1. The number of hydrogen-bond donors (Lipinski definition) is 1. The summed E-state index contributed by atoms with van der Waals surface area (Å²) in [5, 5.41) is 0. The van der Waals surface area contributed by atoms with E-state index < -0.39 is 0 Å². The zero-order valence-electron chi connectivity index (χ0n) is 17.9. The van der Waals surface area contributed by atoms with Gasteiger partial charge in [0.25, 0.3) is 0 Å². The summed E-state index contributed by atoms with van der Waals surface area (Å²) >= 11 is 0. The second kappa shape index (κ2) is 13.8. The summed E-state index contributed by atoms with van der Waals surface area (Å²) in [7, 11) is 0. The summed E-state index contributed by atoms with van der Waals surface area (Å²) in [5.74, 6) is 0. The Morgan fingerprint density at radius 2 is 1.50 bits per heavy atom. The van der Waals surface area contributed by atoms with Gasteiger partial charge in [-0.05, 0) is 24.5 Å². The summed E-state index contributed by atoms with van der Waals surface area (Å²) in [6, 6.07) is 15.2. The van der Waals surface area contributed by atoms with Gasteiger partial charge in [0.15, 0.2) is 11.4 Å². The fourth-order valence-corrected chi connectivity index (χ4v) is 3.67. The average molecular weight is 492 g/mol. The van der Waals surface area contributed by atoms with Gasteiger partial charge in [-0.15, -0.1) is 0 Å². The third-order valence-corrected chi connectivity index (χ3v) is 5.26. The predicted octanol–water partition coefficient (Wildman–Crippen LogP) is 2.81. The third kappa shape index (κ3) is 6.61. The molecule has 0 saturated heterocycles. The fourth-order valence-electron chi connectivity index (χ4n) is 3.67. The van der Waals surface area contributed by atoms with Crippen LogP contribution >= 0.6 is 0 Å². The number of aromatic nitrogens is 1. The summed E-state index contributed by atoms with van der Waals surface area (Å²) < 4.78 is 2.61. The monoisotopic (exact) mass is 492 g/mol. The topological polar surface area (TPSA) is 29.9 Å². The van der Waals surface area contributed by atoms with E-state index in [9.17, 15) is 0 Å². The van der Waals surface area contributed by atoms with Crippen LogP contribution in [-0.2, 0) is 19.4 Å². The minimum atomic E-state index is 0. The van der Waals surface area contributed by atoms with Crippen LogP contribution in [0.5, 0.6) is 0 Å². The van der Waals surface area contributed by atoms with E-state index in [1.54, 1.807) is 6.20 Å². The molecule has 3 heteroatoms. The van der Waals surface area contributed by atoms with Crippen molar-refractivity contribution in [2.45, 2.75) is 78.7 Å². The summed E-state index contributed by atoms with van der Waals surface area (Å²) in [6.07, 6.45) is 11.4. The molecule has 0 atom stereocenters. The van der Waals surface area contributed by atoms with Crippen molar-refractivity contribution in [3.63, 3.8) is 0 Å². The molecular formula is C25H37IN2. The molecule has 1 heterocycles. The van der Waals surface area contributed by atoms with E-state index >= 15 is 0 Å². The fraction of sp³-hybridized carbons (Fsp3) is 0.480. The largest absolute Gasteiger partial charge is 1.00 e. The van der Waals surface area contributed by atoms with Crippen molar-refractivity contribution < 1.29 is 28.5 Å². The molecule has 0 radical (unpaired) electrons. The van der Waals surface area contributed by atoms with Crippen LogP contribution in [0.3, 0.4) is 0 Å². The molecule has 2 nitrogen and oxygen atoms in total. The number of pyridine rings is 1. The third-order valence-electron chi connectivity index (χ3n) is 5.26. The maximum absolute atomic E-state index is 6.13. The molecule has 0 fully saturated rings. The van der Waals surface area contributed by atoms with Gasteiger partial charge in [0.05, 0.1) is 5.56 Å². The van der Waals surface area contributed by atoms with Gasteiger partial charge in [0, 0.05) is 37.1 Å². The first-order chi connectivity index (χ1) is 13.3. The first-order valence-electron chi connectivity index (χ1n) is 10.8. The molecule has 1 aromatic carbocycles. The molecular weight excluding hydrogens is 455 g/mol. The van der Waals surface area contributed by atoms with Gasteiger partial charge in [-0.3, -0.25) is 0 Å². The van der Waals surface area contributed by atoms with Crippen molar-refractivity contribution in [2.75, 3.05) is 0 Å². The molecule has 0 amide bonds. The van der Waals surface area contributed by atoms with E-state index in [0.29, 0.717) is 0 Å². The number of hydrogen-bond acceptors (Lipinski definition) is 1. The summed E-state index contributed by atoms with van der Waals surface area (Å²) in [5.41, 5.74) is 12.7. The molecule has 1 aromatic heterocycles. The zero-order valence-corrected chi connectivity index (χ0v) is 20.0. The molecule has 0 spiro atoms. The summed E-state index contributed by atoms with van der Waals surface area (Å²) in [6.45, 7) is 7.92. The van der Waals surface area contributed by atoms with Crippen molar-refractivity contribution >= 4 is 5.57 Å². The Hall–Kier alpha value is -1.36. The molecule has 0 bridgehead atoms. The zero-order chi connectivity index (χ0) is 19.5. The van der Waals surface area contributed by atoms with Crippen LogP contribution in [0, 0.1) is 0 Å². The normalized spacial score (nSPS) is 11.3. The Morgan fingerprint density at radius 1 is 0.857 bits per heavy atom. The smallest absolute Gasteiger partial charge is 0.189 e. The molecule has 28 heavy (non-hydrogen) atoms. The molecule has 2 rings (SSSR count). The van der Waals surface area contributed by atoms with E-state index in [-0.39, 0.29) is 24.0 Å². The molecule has 2 aromatic rings. The highest BCUT2D eigenvalue weighted by Gasteiger charge is 2.23. The van der Waals surface area contributed by atoms with Crippen molar-refractivity contribution in [3.05, 3.63) is 71.2 Å². The Labute approximate surface area is 189 Å². The van der Waals surface area contributed by atoms with E-state index in [1.165, 1.54) is 61.0 Å². The van der Waals surface area contributed by atoms with Crippen LogP contribution in [0.2, 0.25) is 0 Å². The lowest BCUT2D eigenvalue weighted by Crippen LogP contribution is -3.00. The standard InChI is InChI=1S/C25H37N2.HI/c1-4-7-15-22-17-18-23(24(20-26)21-13-11-10-12-14-21)25(16-8-5-2)27(22)19-9-6-3;/h10-14,17-18,20H,4-9,15-16,19,26H2,1-3H3;1H/q+1;/p-1. The van der Waals surface area contributed by atoms with Crippen LogP contribution in [-0.4, -0.2) is 0 Å². The molecule has 0 aliphatic rings. The lowest BCUT2D eigenvalue weighted by atomic mass is 9.94. The molecule has 0 aliphatic heterocycles. The first-order valence-corrected chi connectivity index (χ1v) is 10.8. The number of nitrogens with zero attached hydrogens (tertiary/aromatic N) is 1. The molecule has 2 N–H and O–H groups in total. The van der Waals surface area contributed by atoms with Crippen molar-refractivity contribution in [1.29, 1.82) is 0 Å². The van der Waals surface area contributed by atoms with Gasteiger partial charge in [0.1, 0.15) is 6.54 Å². The van der Waals surface area contributed by atoms with Gasteiger partial charge >= 0.3 is 0 Å². The Morgan fingerprint density at radius 3 is 2.11 bits per heavy atom. The molecule has 0 aliphatic carbocycles. The maximum atomic E-state index is 6.13. The first kappa shape index (κ1) is 24.7. The molecule has 0 unspecified atom stereocenters. The van der Waals surface area contributed by atoms with Crippen LogP contribution in [0.4, 0.5) is 0 Å². The quantitative estimate of drug-likeness (QED) is 0.380. The van der Waals surface area contributed by atoms with Gasteiger partial charge in [0.2, 0.25) is 0 Å². The van der Waals surface area contributed by atoms with Crippen LogP contribution in [0.1, 0.15) is 81.8 Å². The lowest BCUT2D eigenvalue weighted by molar-refractivity contribution is -0.711. The molecule has 154 valence electrons. The highest BCUT2D eigenvalue weighted by molar-refractivity contribution is 5.80. The minimum Gasteiger partial charge on any atom is -1.00 e. The second-order valence-corrected chi connectivity index (χ2v) is 7.34. The van der Waals surface area contributed by atoms with Crippen LogP contribution in [0.25, 0.3) is 5.57 Å². The lowest BCUT2D eigenvalue weighted by Gasteiger charge is -2.15. The Balaban J connectivity index is 0.00000392. The number of halogens is 1. The van der Waals surface area contributed by atoms with Crippen molar-refractivity contribution in [1.82, 2.24) is 0 Å². The van der Waals surface area contributed by atoms with E-state index in [4.69, 9.17) is 5.73 Å². The number of unbranched alkanes of at least 4 members (excludes halogenated alkanes) is 3. The van der Waals surface area contributed by atoms with Crippen molar-refractivity contribution in [3.8, 4) is 0 Å². The highest BCUT2D eigenvalue weighted by Crippen LogP contribution is 2.26. The van der Waals surface area contributed by atoms with Gasteiger partial charge in [-0.25, -0.2) is 0 Å². The maximum Gasteiger partial charge on any atom is 0.189 e. The molecule has 0 saturated carbocycles. The summed E-state index contributed by atoms with van der Waals surface area (Å²) in [4.78, 5) is 0. The number of benzene rings is 1. The number of rotatable bonds is 11. The van der Waals surface area contributed by atoms with Gasteiger partial charge < -0.3 is 29.7 Å². The highest BCUT2D eigenvalue weighted by atomic mass is 127. The Kier molecular flexibility index (Phi) is 12.1. The van der Waals surface area contributed by atoms with E-state index in [0.717, 1.165) is 25.0 Å². The Bertz CT molecular complexity index is 723. The average Bonchev–Trinajstić information content (AvgIpc) is 2.71.